The molecule has 0 aliphatic carbocycles. The Labute approximate surface area is 166 Å². The molecule has 1 N–H and O–H groups in total. The van der Waals surface area contributed by atoms with E-state index >= 15 is 0 Å². The first-order valence-corrected chi connectivity index (χ1v) is 9.77. The first-order chi connectivity index (χ1) is 13.6. The van der Waals surface area contributed by atoms with E-state index in [-0.39, 0.29) is 17.6 Å². The van der Waals surface area contributed by atoms with Gasteiger partial charge < -0.3 is 14.5 Å². The molecule has 0 fully saturated rings. The molecule has 1 aromatic carbocycles. The molecule has 0 aliphatic rings. The normalized spacial score (nSPS) is 10.6. The highest BCUT2D eigenvalue weighted by atomic mass is 32.2. The van der Waals surface area contributed by atoms with E-state index in [1.165, 1.54) is 11.8 Å². The summed E-state index contributed by atoms with van der Waals surface area (Å²) >= 11 is 1.29. The zero-order valence-corrected chi connectivity index (χ0v) is 16.4. The van der Waals surface area contributed by atoms with E-state index in [1.807, 2.05) is 17.6 Å². The van der Waals surface area contributed by atoms with E-state index in [4.69, 9.17) is 9.15 Å². The average molecular weight is 400 g/mol. The summed E-state index contributed by atoms with van der Waals surface area (Å²) < 4.78 is 12.2. The Morgan fingerprint density at radius 1 is 1.18 bits per heavy atom. The van der Waals surface area contributed by atoms with Gasteiger partial charge in [-0.2, -0.15) is 0 Å². The van der Waals surface area contributed by atoms with Crippen LogP contribution in [0.3, 0.4) is 0 Å². The Kier molecular flexibility index (Phi) is 6.49. The Morgan fingerprint density at radius 3 is 2.61 bits per heavy atom. The molecule has 146 valence electrons. The molecular weight excluding hydrogens is 380 g/mol. The molecule has 3 rings (SSSR count). The van der Waals surface area contributed by atoms with E-state index < -0.39 is 0 Å². The number of hydrogen-bond acceptors (Lipinski definition) is 7. The number of benzene rings is 1. The lowest BCUT2D eigenvalue weighted by Crippen LogP contribution is -2.15. The fourth-order valence-electron chi connectivity index (χ4n) is 2.50. The topological polar surface area (TPSA) is 99.2 Å². The number of amides is 1. The van der Waals surface area contributed by atoms with Crippen LogP contribution in [0.1, 0.15) is 24.2 Å². The van der Waals surface area contributed by atoms with Crippen molar-refractivity contribution in [3.63, 3.8) is 0 Å². The molecule has 2 aromatic heterocycles. The molecule has 8 nitrogen and oxygen atoms in total. The predicted octanol–water partition coefficient (Wildman–Crippen LogP) is 3.47. The number of nitrogens with one attached hydrogen (secondary N) is 1. The highest BCUT2D eigenvalue weighted by Gasteiger charge is 2.16. The van der Waals surface area contributed by atoms with Gasteiger partial charge in [0, 0.05) is 12.2 Å². The van der Waals surface area contributed by atoms with Crippen molar-refractivity contribution in [2.24, 2.45) is 0 Å². The second-order valence-corrected chi connectivity index (χ2v) is 6.60. The van der Waals surface area contributed by atoms with Gasteiger partial charge in [-0.3, -0.25) is 9.36 Å². The van der Waals surface area contributed by atoms with Gasteiger partial charge in [-0.15, -0.1) is 10.2 Å². The van der Waals surface area contributed by atoms with Crippen LogP contribution >= 0.6 is 11.8 Å². The van der Waals surface area contributed by atoms with Crippen LogP contribution in [0, 0.1) is 0 Å². The third kappa shape index (κ3) is 4.61. The number of nitrogens with zero attached hydrogens (tertiary/aromatic N) is 3. The summed E-state index contributed by atoms with van der Waals surface area (Å²) in [5, 5.41) is 11.7. The van der Waals surface area contributed by atoms with Crippen LogP contribution in [-0.2, 0) is 16.1 Å². The molecule has 0 atom stereocenters. The summed E-state index contributed by atoms with van der Waals surface area (Å²) in [5.41, 5.74) is 1.04. The van der Waals surface area contributed by atoms with Gasteiger partial charge in [-0.1, -0.05) is 11.8 Å². The molecule has 1 amide bonds. The summed E-state index contributed by atoms with van der Waals surface area (Å²) in [6.45, 7) is 4.70. The number of thioether (sulfide) groups is 1. The minimum absolute atomic E-state index is 0.177. The smallest absolute Gasteiger partial charge is 0.338 e. The van der Waals surface area contributed by atoms with E-state index in [0.29, 0.717) is 41.1 Å². The first kappa shape index (κ1) is 19.7. The monoisotopic (exact) mass is 400 g/mol. The quantitative estimate of drug-likeness (QED) is 0.456. The molecule has 0 unspecified atom stereocenters. The van der Waals surface area contributed by atoms with Gasteiger partial charge in [0.25, 0.3) is 0 Å². The van der Waals surface area contributed by atoms with Crippen molar-refractivity contribution in [3.05, 3.63) is 48.2 Å². The zero-order chi connectivity index (χ0) is 19.9. The minimum Gasteiger partial charge on any atom is -0.462 e. The number of rotatable bonds is 8. The van der Waals surface area contributed by atoms with Crippen molar-refractivity contribution in [1.29, 1.82) is 0 Å². The number of aromatic nitrogens is 3. The zero-order valence-electron chi connectivity index (χ0n) is 15.5. The van der Waals surface area contributed by atoms with Crippen molar-refractivity contribution < 1.29 is 18.7 Å². The summed E-state index contributed by atoms with van der Waals surface area (Å²) in [6, 6.07) is 10.2. The van der Waals surface area contributed by atoms with Gasteiger partial charge in [0.15, 0.2) is 16.7 Å². The molecule has 0 saturated heterocycles. The number of esters is 1. The molecule has 0 radical (unpaired) electrons. The lowest BCUT2D eigenvalue weighted by molar-refractivity contribution is -0.113. The maximum Gasteiger partial charge on any atom is 0.338 e. The van der Waals surface area contributed by atoms with Crippen LogP contribution < -0.4 is 5.32 Å². The van der Waals surface area contributed by atoms with Crippen LogP contribution in [0.25, 0.3) is 11.6 Å². The summed E-state index contributed by atoms with van der Waals surface area (Å²) in [6.07, 6.45) is 1.58. The number of anilines is 1. The highest BCUT2D eigenvalue weighted by molar-refractivity contribution is 7.99. The van der Waals surface area contributed by atoms with E-state index in [1.54, 1.807) is 43.5 Å². The second-order valence-electron chi connectivity index (χ2n) is 5.66. The Balaban J connectivity index is 1.58. The first-order valence-electron chi connectivity index (χ1n) is 8.79. The largest absolute Gasteiger partial charge is 0.462 e. The number of hydrogen-bond donors (Lipinski definition) is 1. The maximum atomic E-state index is 12.2. The molecule has 3 aromatic rings. The minimum atomic E-state index is -0.387. The fraction of sp³-hybridized carbons (Fsp3) is 0.263. The highest BCUT2D eigenvalue weighted by Crippen LogP contribution is 2.24. The molecule has 0 bridgehead atoms. The molecule has 2 heterocycles. The molecule has 0 saturated carbocycles. The summed E-state index contributed by atoms with van der Waals surface area (Å²) in [7, 11) is 0. The van der Waals surface area contributed by atoms with E-state index in [0.717, 1.165) is 0 Å². The van der Waals surface area contributed by atoms with E-state index in [9.17, 15) is 9.59 Å². The van der Waals surface area contributed by atoms with Gasteiger partial charge in [0.05, 0.1) is 24.2 Å². The maximum absolute atomic E-state index is 12.2. The van der Waals surface area contributed by atoms with Crippen LogP contribution in [-0.4, -0.2) is 39.0 Å². The molecule has 0 spiro atoms. The fourth-order valence-corrected chi connectivity index (χ4v) is 3.30. The average Bonchev–Trinajstić information content (AvgIpc) is 3.36. The van der Waals surface area contributed by atoms with Gasteiger partial charge in [0.1, 0.15) is 0 Å². The SMILES string of the molecule is CCOC(=O)c1ccc(NC(=O)CSc2nnc(-c3ccco3)n2CC)cc1. The summed E-state index contributed by atoms with van der Waals surface area (Å²) in [5.74, 6) is 0.870. The van der Waals surface area contributed by atoms with Crippen molar-refractivity contribution in [1.82, 2.24) is 14.8 Å². The number of carbonyl (C=O) groups is 2. The van der Waals surface area contributed by atoms with Crippen molar-refractivity contribution in [3.8, 4) is 11.6 Å². The standard InChI is InChI=1S/C19H20N4O4S/c1-3-23-17(15-6-5-11-27-15)21-22-19(23)28-12-16(24)20-14-9-7-13(8-10-14)18(25)26-4-2/h5-11H,3-4,12H2,1-2H3,(H,20,24). The van der Waals surface area contributed by atoms with Gasteiger partial charge in [0.2, 0.25) is 5.91 Å². The molecule has 28 heavy (non-hydrogen) atoms. The molecule has 0 aliphatic heterocycles. The van der Waals surface area contributed by atoms with Gasteiger partial charge in [-0.05, 0) is 50.2 Å². The Hall–Kier alpha value is -3.07. The lowest BCUT2D eigenvalue weighted by Gasteiger charge is -2.07. The molecule has 9 heteroatoms. The van der Waals surface area contributed by atoms with Crippen molar-refractivity contribution in [2.75, 3.05) is 17.7 Å². The van der Waals surface area contributed by atoms with Crippen molar-refractivity contribution in [2.45, 2.75) is 25.5 Å². The molecular formula is C19H20N4O4S. The van der Waals surface area contributed by atoms with Gasteiger partial charge >= 0.3 is 5.97 Å². The van der Waals surface area contributed by atoms with Crippen LogP contribution in [0.2, 0.25) is 0 Å². The number of carbonyl (C=O) groups excluding carboxylic acids is 2. The lowest BCUT2D eigenvalue weighted by atomic mass is 10.2. The van der Waals surface area contributed by atoms with Gasteiger partial charge in [-0.25, -0.2) is 4.79 Å². The Bertz CT molecular complexity index is 936. The second kappa shape index (κ2) is 9.23. The number of ether oxygens (including phenoxy) is 1. The number of furan rings is 1. The summed E-state index contributed by atoms with van der Waals surface area (Å²) in [4.78, 5) is 23.9. The van der Waals surface area contributed by atoms with Crippen LogP contribution in [0.4, 0.5) is 5.69 Å². The Morgan fingerprint density at radius 2 is 1.96 bits per heavy atom. The van der Waals surface area contributed by atoms with Crippen LogP contribution in [0.15, 0.2) is 52.2 Å². The predicted molar refractivity (Wildman–Crippen MR) is 105 cm³/mol. The third-order valence-electron chi connectivity index (χ3n) is 3.79. The van der Waals surface area contributed by atoms with Crippen molar-refractivity contribution >= 4 is 29.3 Å². The third-order valence-corrected chi connectivity index (χ3v) is 4.75. The van der Waals surface area contributed by atoms with Crippen LogP contribution in [0.5, 0.6) is 0 Å². The van der Waals surface area contributed by atoms with E-state index in [2.05, 4.69) is 15.5 Å².